The Hall–Kier alpha value is -2.23. The molecule has 1 aromatic carbocycles. The number of sulfonamides is 1. The number of para-hydroxylation sites is 2. The van der Waals surface area contributed by atoms with Crippen molar-refractivity contribution in [2.45, 2.75) is 36.1 Å². The van der Waals surface area contributed by atoms with Crippen LogP contribution in [0.5, 0.6) is 0 Å². The maximum atomic E-state index is 12.6. The quantitative estimate of drug-likeness (QED) is 0.666. The van der Waals surface area contributed by atoms with E-state index in [0.717, 1.165) is 11.0 Å². The van der Waals surface area contributed by atoms with Crippen LogP contribution in [0.1, 0.15) is 19.3 Å². The highest BCUT2D eigenvalue weighted by atomic mass is 32.2. The lowest BCUT2D eigenvalue weighted by atomic mass is 10.1. The van der Waals surface area contributed by atoms with Crippen LogP contribution >= 0.6 is 11.3 Å². The zero-order chi connectivity index (χ0) is 19.6. The highest BCUT2D eigenvalue weighted by molar-refractivity contribution is 7.91. The summed E-state index contributed by atoms with van der Waals surface area (Å²) >= 11 is 1.21. The molecule has 0 atom stereocenters. The number of imidazole rings is 1. The first-order chi connectivity index (χ1) is 13.5. The van der Waals surface area contributed by atoms with Gasteiger partial charge < -0.3 is 9.47 Å². The van der Waals surface area contributed by atoms with Crippen molar-refractivity contribution in [3.05, 3.63) is 48.1 Å². The molecule has 3 heterocycles. The van der Waals surface area contributed by atoms with E-state index in [1.807, 2.05) is 33.7 Å². The Labute approximate surface area is 168 Å². The number of carbonyl (C=O) groups is 1. The zero-order valence-corrected chi connectivity index (χ0v) is 17.0. The van der Waals surface area contributed by atoms with Crippen molar-refractivity contribution in [3.63, 3.8) is 0 Å². The van der Waals surface area contributed by atoms with Gasteiger partial charge in [-0.15, -0.1) is 11.3 Å². The number of rotatable bonds is 6. The first kappa shape index (κ1) is 19.1. The summed E-state index contributed by atoms with van der Waals surface area (Å²) in [6.07, 6.45) is 3.43. The van der Waals surface area contributed by atoms with Gasteiger partial charge in [-0.3, -0.25) is 4.79 Å². The Morgan fingerprint density at radius 1 is 1.18 bits per heavy atom. The predicted molar refractivity (Wildman–Crippen MR) is 109 cm³/mol. The molecule has 148 valence electrons. The summed E-state index contributed by atoms with van der Waals surface area (Å²) in [7, 11) is -3.46. The summed E-state index contributed by atoms with van der Waals surface area (Å²) in [4.78, 5) is 18.7. The third kappa shape index (κ3) is 4.11. The van der Waals surface area contributed by atoms with Crippen LogP contribution in [0.15, 0.2) is 52.3 Å². The van der Waals surface area contributed by atoms with E-state index in [9.17, 15) is 13.2 Å². The number of hydrogen-bond donors (Lipinski definition) is 1. The number of aromatic nitrogens is 2. The lowest BCUT2D eigenvalue weighted by Crippen LogP contribution is -2.46. The summed E-state index contributed by atoms with van der Waals surface area (Å²) in [5.41, 5.74) is 1.95. The van der Waals surface area contributed by atoms with Crippen LogP contribution in [-0.2, 0) is 21.4 Å². The van der Waals surface area contributed by atoms with E-state index in [2.05, 4.69) is 9.71 Å². The first-order valence-electron chi connectivity index (χ1n) is 9.26. The molecule has 28 heavy (non-hydrogen) atoms. The van der Waals surface area contributed by atoms with Crippen LogP contribution in [0, 0.1) is 0 Å². The second-order valence-corrected chi connectivity index (χ2v) is 9.77. The lowest BCUT2D eigenvalue weighted by Gasteiger charge is -2.32. The molecule has 1 aliphatic rings. The largest absolute Gasteiger partial charge is 0.343 e. The molecule has 0 unspecified atom stereocenters. The fraction of sp³-hybridized carbons (Fsp3) is 0.368. The van der Waals surface area contributed by atoms with Crippen molar-refractivity contribution in [3.8, 4) is 0 Å². The Bertz CT molecular complexity index is 1050. The average molecular weight is 419 g/mol. The summed E-state index contributed by atoms with van der Waals surface area (Å²) < 4.78 is 29.7. The fourth-order valence-corrected chi connectivity index (χ4v) is 5.82. The zero-order valence-electron chi connectivity index (χ0n) is 15.3. The van der Waals surface area contributed by atoms with Crippen molar-refractivity contribution in [1.29, 1.82) is 0 Å². The van der Waals surface area contributed by atoms with E-state index in [0.29, 0.717) is 43.1 Å². The molecule has 9 heteroatoms. The number of carbonyl (C=O) groups excluding carboxylic acids is 1. The lowest BCUT2D eigenvalue weighted by molar-refractivity contribution is -0.132. The van der Waals surface area contributed by atoms with Gasteiger partial charge in [-0.1, -0.05) is 18.2 Å². The second kappa shape index (κ2) is 8.02. The summed E-state index contributed by atoms with van der Waals surface area (Å²) in [5, 5.41) is 1.75. The molecule has 7 nitrogen and oxygen atoms in total. The normalized spacial score (nSPS) is 15.9. The topological polar surface area (TPSA) is 84.3 Å². The molecule has 1 amide bonds. The van der Waals surface area contributed by atoms with Gasteiger partial charge in [0.1, 0.15) is 4.21 Å². The molecule has 2 aromatic heterocycles. The number of nitrogens with one attached hydrogen (secondary N) is 1. The first-order valence-corrected chi connectivity index (χ1v) is 11.6. The number of benzene rings is 1. The van der Waals surface area contributed by atoms with Gasteiger partial charge in [-0.05, 0) is 36.4 Å². The van der Waals surface area contributed by atoms with Gasteiger partial charge in [0.05, 0.1) is 17.4 Å². The van der Waals surface area contributed by atoms with Gasteiger partial charge in [-0.2, -0.15) is 0 Å². The fourth-order valence-electron chi connectivity index (χ4n) is 3.50. The predicted octanol–water partition coefficient (Wildman–Crippen LogP) is 2.46. The molecule has 0 aliphatic carbocycles. The number of piperidine rings is 1. The van der Waals surface area contributed by atoms with Crippen molar-refractivity contribution in [1.82, 2.24) is 19.2 Å². The molecule has 1 aliphatic heterocycles. The van der Waals surface area contributed by atoms with Crippen molar-refractivity contribution in [2.75, 3.05) is 13.1 Å². The van der Waals surface area contributed by atoms with Gasteiger partial charge in [0, 0.05) is 32.1 Å². The van der Waals surface area contributed by atoms with Crippen LogP contribution in [0.3, 0.4) is 0 Å². The number of nitrogens with zero attached hydrogens (tertiary/aromatic N) is 3. The Morgan fingerprint density at radius 2 is 1.96 bits per heavy atom. The minimum atomic E-state index is -3.46. The number of likely N-dealkylation sites (tertiary alicyclic amines) is 1. The van der Waals surface area contributed by atoms with Gasteiger partial charge in [-0.25, -0.2) is 18.1 Å². The molecule has 1 N–H and O–H groups in total. The van der Waals surface area contributed by atoms with E-state index in [-0.39, 0.29) is 11.9 Å². The molecular weight excluding hydrogens is 396 g/mol. The maximum Gasteiger partial charge on any atom is 0.250 e. The minimum absolute atomic E-state index is 0.0948. The van der Waals surface area contributed by atoms with Crippen molar-refractivity contribution in [2.24, 2.45) is 0 Å². The van der Waals surface area contributed by atoms with Gasteiger partial charge in [0.25, 0.3) is 0 Å². The molecule has 1 fully saturated rings. The Kier molecular flexibility index (Phi) is 5.47. The summed E-state index contributed by atoms with van der Waals surface area (Å²) in [6.45, 7) is 1.73. The van der Waals surface area contributed by atoms with Crippen LogP contribution in [-0.4, -0.2) is 47.9 Å². The van der Waals surface area contributed by atoms with E-state index in [1.165, 1.54) is 11.3 Å². The monoisotopic (exact) mass is 418 g/mol. The highest BCUT2D eigenvalue weighted by Gasteiger charge is 2.27. The van der Waals surface area contributed by atoms with Gasteiger partial charge >= 0.3 is 0 Å². The number of aryl methyl sites for hydroxylation is 1. The van der Waals surface area contributed by atoms with E-state index in [4.69, 9.17) is 0 Å². The van der Waals surface area contributed by atoms with Crippen LogP contribution in [0.2, 0.25) is 0 Å². The number of thiophene rings is 1. The molecule has 0 saturated carbocycles. The molecular formula is C19H22N4O3S2. The third-order valence-corrected chi connectivity index (χ3v) is 7.94. The molecule has 0 radical (unpaired) electrons. The highest BCUT2D eigenvalue weighted by Crippen LogP contribution is 2.19. The molecule has 0 bridgehead atoms. The van der Waals surface area contributed by atoms with Gasteiger partial charge in [0.15, 0.2) is 0 Å². The summed E-state index contributed by atoms with van der Waals surface area (Å²) in [6, 6.07) is 11.1. The molecule has 3 aromatic rings. The maximum absolute atomic E-state index is 12.6. The SMILES string of the molecule is O=C(CCn1cnc2ccccc21)N1CCC(NS(=O)(=O)c2cccs2)CC1. The average Bonchev–Trinajstić information content (AvgIpc) is 3.37. The smallest absolute Gasteiger partial charge is 0.250 e. The van der Waals surface area contributed by atoms with Crippen LogP contribution < -0.4 is 4.72 Å². The standard InChI is InChI=1S/C19H22N4O3S2/c24-18(9-12-23-14-20-16-4-1-2-5-17(16)23)22-10-7-15(8-11-22)21-28(25,26)19-6-3-13-27-19/h1-6,13-15,21H,7-12H2. The number of amides is 1. The third-order valence-electron chi connectivity index (χ3n) is 5.02. The summed E-state index contributed by atoms with van der Waals surface area (Å²) in [5.74, 6) is 0.0948. The van der Waals surface area contributed by atoms with E-state index < -0.39 is 10.0 Å². The molecule has 0 spiro atoms. The van der Waals surface area contributed by atoms with E-state index in [1.54, 1.807) is 23.8 Å². The van der Waals surface area contributed by atoms with Crippen molar-refractivity contribution >= 4 is 38.3 Å². The van der Waals surface area contributed by atoms with Crippen LogP contribution in [0.4, 0.5) is 0 Å². The molecule has 1 saturated heterocycles. The number of hydrogen-bond acceptors (Lipinski definition) is 5. The van der Waals surface area contributed by atoms with Crippen molar-refractivity contribution < 1.29 is 13.2 Å². The number of fused-ring (bicyclic) bond motifs is 1. The Morgan fingerprint density at radius 3 is 2.71 bits per heavy atom. The van der Waals surface area contributed by atoms with Crippen LogP contribution in [0.25, 0.3) is 11.0 Å². The Balaban J connectivity index is 1.28. The molecule has 4 rings (SSSR count). The minimum Gasteiger partial charge on any atom is -0.343 e. The van der Waals surface area contributed by atoms with Gasteiger partial charge in [0.2, 0.25) is 15.9 Å². The van der Waals surface area contributed by atoms with E-state index >= 15 is 0 Å². The second-order valence-electron chi connectivity index (χ2n) is 6.89.